The zero-order chi connectivity index (χ0) is 16.8. The van der Waals surface area contributed by atoms with Gasteiger partial charge in [0.2, 0.25) is 0 Å². The van der Waals surface area contributed by atoms with E-state index < -0.39 is 0 Å². The van der Waals surface area contributed by atoms with Crippen molar-refractivity contribution in [3.05, 3.63) is 64.2 Å². The van der Waals surface area contributed by atoms with Crippen molar-refractivity contribution in [2.45, 2.75) is 40.2 Å². The number of aryl methyl sites for hydroxylation is 3. The quantitative estimate of drug-likeness (QED) is 0.751. The first kappa shape index (κ1) is 17.1. The lowest BCUT2D eigenvalue weighted by Gasteiger charge is -2.15. The van der Waals surface area contributed by atoms with Crippen molar-refractivity contribution in [1.82, 2.24) is 0 Å². The molecule has 0 aliphatic carbocycles. The molecule has 0 saturated heterocycles. The van der Waals surface area contributed by atoms with E-state index in [4.69, 9.17) is 9.47 Å². The number of carbonyl (C=O) groups excluding carboxylic acids is 1. The highest BCUT2D eigenvalue weighted by Gasteiger charge is 2.12. The second kappa shape index (κ2) is 7.82. The van der Waals surface area contributed by atoms with Crippen LogP contribution >= 0.6 is 0 Å². The molecule has 0 fully saturated rings. The Morgan fingerprint density at radius 3 is 2.57 bits per heavy atom. The van der Waals surface area contributed by atoms with Gasteiger partial charge in [-0.25, -0.2) is 0 Å². The van der Waals surface area contributed by atoms with E-state index in [0.29, 0.717) is 6.61 Å². The SMILES string of the molecule is CCc1cc(C)ccc1OCc1c(C)cccc1CC(=O)OC. The van der Waals surface area contributed by atoms with Crippen molar-refractivity contribution in [2.24, 2.45) is 0 Å². The minimum atomic E-state index is -0.235. The molecular formula is C20H24O3. The summed E-state index contributed by atoms with van der Waals surface area (Å²) >= 11 is 0. The minimum absolute atomic E-state index is 0.235. The Kier molecular flexibility index (Phi) is 5.80. The van der Waals surface area contributed by atoms with E-state index in [9.17, 15) is 4.79 Å². The highest BCUT2D eigenvalue weighted by Crippen LogP contribution is 2.24. The van der Waals surface area contributed by atoms with Crippen LogP contribution in [-0.4, -0.2) is 13.1 Å². The molecule has 0 N–H and O–H groups in total. The fraction of sp³-hybridized carbons (Fsp3) is 0.350. The van der Waals surface area contributed by atoms with Gasteiger partial charge in [0.1, 0.15) is 12.4 Å². The second-order valence-corrected chi connectivity index (χ2v) is 5.72. The zero-order valence-corrected chi connectivity index (χ0v) is 14.3. The first-order valence-corrected chi connectivity index (χ1v) is 7.91. The first-order chi connectivity index (χ1) is 11.0. The van der Waals surface area contributed by atoms with Crippen LogP contribution in [0.5, 0.6) is 5.75 Å². The van der Waals surface area contributed by atoms with Crippen LogP contribution in [0.4, 0.5) is 0 Å². The molecule has 2 rings (SSSR count). The molecule has 0 unspecified atom stereocenters. The Labute approximate surface area is 138 Å². The molecule has 0 spiro atoms. The fourth-order valence-corrected chi connectivity index (χ4v) is 2.64. The maximum atomic E-state index is 11.6. The lowest BCUT2D eigenvalue weighted by atomic mass is 10.00. The van der Waals surface area contributed by atoms with Gasteiger partial charge in [0.05, 0.1) is 13.5 Å². The van der Waals surface area contributed by atoms with Crippen molar-refractivity contribution in [3.63, 3.8) is 0 Å². The summed E-state index contributed by atoms with van der Waals surface area (Å²) in [6, 6.07) is 12.2. The topological polar surface area (TPSA) is 35.5 Å². The van der Waals surface area contributed by atoms with E-state index >= 15 is 0 Å². The van der Waals surface area contributed by atoms with Crippen LogP contribution in [-0.2, 0) is 29.0 Å². The average molecular weight is 312 g/mol. The van der Waals surface area contributed by atoms with Gasteiger partial charge >= 0.3 is 5.97 Å². The Morgan fingerprint density at radius 1 is 1.09 bits per heavy atom. The number of rotatable bonds is 6. The summed E-state index contributed by atoms with van der Waals surface area (Å²) in [5.41, 5.74) is 5.57. The molecule has 0 aromatic heterocycles. The third kappa shape index (κ3) is 4.35. The van der Waals surface area contributed by atoms with Gasteiger partial charge < -0.3 is 9.47 Å². The molecule has 2 aromatic rings. The Morgan fingerprint density at radius 2 is 1.87 bits per heavy atom. The normalized spacial score (nSPS) is 10.4. The number of esters is 1. The largest absolute Gasteiger partial charge is 0.489 e. The third-order valence-electron chi connectivity index (χ3n) is 4.04. The van der Waals surface area contributed by atoms with Crippen LogP contribution in [0.15, 0.2) is 36.4 Å². The van der Waals surface area contributed by atoms with E-state index in [2.05, 4.69) is 26.0 Å². The maximum Gasteiger partial charge on any atom is 0.309 e. The van der Waals surface area contributed by atoms with Crippen LogP contribution in [0.2, 0.25) is 0 Å². The molecule has 0 bridgehead atoms. The highest BCUT2D eigenvalue weighted by molar-refractivity contribution is 5.73. The lowest BCUT2D eigenvalue weighted by molar-refractivity contribution is -0.139. The van der Waals surface area contributed by atoms with Gasteiger partial charge in [-0.15, -0.1) is 0 Å². The van der Waals surface area contributed by atoms with E-state index in [1.54, 1.807) is 0 Å². The summed E-state index contributed by atoms with van der Waals surface area (Å²) in [6.07, 6.45) is 1.20. The zero-order valence-electron chi connectivity index (χ0n) is 14.3. The first-order valence-electron chi connectivity index (χ1n) is 7.91. The molecule has 0 aliphatic heterocycles. The molecule has 0 radical (unpaired) electrons. The van der Waals surface area contributed by atoms with E-state index in [1.165, 1.54) is 18.2 Å². The van der Waals surface area contributed by atoms with Gasteiger partial charge in [-0.2, -0.15) is 0 Å². The molecule has 0 aliphatic rings. The third-order valence-corrected chi connectivity index (χ3v) is 4.04. The molecular weight excluding hydrogens is 288 g/mol. The molecule has 0 saturated carbocycles. The van der Waals surface area contributed by atoms with E-state index in [-0.39, 0.29) is 12.4 Å². The van der Waals surface area contributed by atoms with Crippen LogP contribution < -0.4 is 4.74 Å². The molecule has 23 heavy (non-hydrogen) atoms. The van der Waals surface area contributed by atoms with Crippen molar-refractivity contribution in [1.29, 1.82) is 0 Å². The Balaban J connectivity index is 2.22. The summed E-state index contributed by atoms with van der Waals surface area (Å²) in [5, 5.41) is 0. The summed E-state index contributed by atoms with van der Waals surface area (Å²) in [5.74, 6) is 0.673. The molecule has 0 atom stereocenters. The Hall–Kier alpha value is -2.29. The van der Waals surface area contributed by atoms with E-state index in [0.717, 1.165) is 28.9 Å². The van der Waals surface area contributed by atoms with Crippen LogP contribution in [0.1, 0.15) is 34.7 Å². The fourth-order valence-electron chi connectivity index (χ4n) is 2.64. The summed E-state index contributed by atoms with van der Waals surface area (Å²) in [6.45, 7) is 6.70. The van der Waals surface area contributed by atoms with Crippen LogP contribution in [0.25, 0.3) is 0 Å². The van der Waals surface area contributed by atoms with Crippen molar-refractivity contribution in [2.75, 3.05) is 7.11 Å². The van der Waals surface area contributed by atoms with Gasteiger partial charge in [-0.05, 0) is 48.6 Å². The highest BCUT2D eigenvalue weighted by atomic mass is 16.5. The van der Waals surface area contributed by atoms with Crippen molar-refractivity contribution >= 4 is 5.97 Å². The van der Waals surface area contributed by atoms with Gasteiger partial charge in [0, 0.05) is 0 Å². The average Bonchev–Trinajstić information content (AvgIpc) is 2.55. The smallest absolute Gasteiger partial charge is 0.309 e. The van der Waals surface area contributed by atoms with Crippen LogP contribution in [0.3, 0.4) is 0 Å². The van der Waals surface area contributed by atoms with Gasteiger partial charge in [0.25, 0.3) is 0 Å². The number of benzene rings is 2. The predicted molar refractivity (Wildman–Crippen MR) is 91.8 cm³/mol. The van der Waals surface area contributed by atoms with Crippen LogP contribution in [0, 0.1) is 13.8 Å². The minimum Gasteiger partial charge on any atom is -0.489 e. The van der Waals surface area contributed by atoms with E-state index in [1.807, 2.05) is 31.2 Å². The number of hydrogen-bond donors (Lipinski definition) is 0. The molecule has 0 heterocycles. The molecule has 122 valence electrons. The molecule has 0 amide bonds. The Bertz CT molecular complexity index is 689. The van der Waals surface area contributed by atoms with Gasteiger partial charge in [0.15, 0.2) is 0 Å². The summed E-state index contributed by atoms with van der Waals surface area (Å²) in [7, 11) is 1.41. The second-order valence-electron chi connectivity index (χ2n) is 5.72. The summed E-state index contributed by atoms with van der Waals surface area (Å²) < 4.78 is 10.8. The monoisotopic (exact) mass is 312 g/mol. The number of methoxy groups -OCH3 is 1. The van der Waals surface area contributed by atoms with Gasteiger partial charge in [-0.1, -0.05) is 42.8 Å². The molecule has 3 heteroatoms. The van der Waals surface area contributed by atoms with Gasteiger partial charge in [-0.3, -0.25) is 4.79 Å². The number of hydrogen-bond acceptors (Lipinski definition) is 3. The lowest BCUT2D eigenvalue weighted by Crippen LogP contribution is -2.10. The number of carbonyl (C=O) groups is 1. The summed E-state index contributed by atoms with van der Waals surface area (Å²) in [4.78, 5) is 11.6. The molecule has 3 nitrogen and oxygen atoms in total. The van der Waals surface area contributed by atoms with Crippen molar-refractivity contribution in [3.8, 4) is 5.75 Å². The maximum absolute atomic E-state index is 11.6. The standard InChI is InChI=1S/C20H24O3/c1-5-16-11-14(2)9-10-19(16)23-13-18-15(3)7-6-8-17(18)12-20(21)22-4/h6-11H,5,12-13H2,1-4H3. The molecule has 2 aromatic carbocycles. The predicted octanol–water partition coefficient (Wildman–Crippen LogP) is 4.16. The number of ether oxygens (including phenoxy) is 2. The van der Waals surface area contributed by atoms with Crippen molar-refractivity contribution < 1.29 is 14.3 Å².